The fraction of sp³-hybridized carbons (Fsp3) is 0.857. The van der Waals surface area contributed by atoms with E-state index >= 15 is 0 Å². The third kappa shape index (κ3) is 3.11. The fourth-order valence-corrected chi connectivity index (χ4v) is 0.907. The zero-order chi connectivity index (χ0) is 11.2. The molecule has 1 unspecified atom stereocenters. The zero-order valence-electron chi connectivity index (χ0n) is 8.01. The maximum Gasteiger partial charge on any atom is 0.156 e. The molecule has 0 aromatic carbocycles. The third-order valence-corrected chi connectivity index (χ3v) is 1.99. The van der Waals surface area contributed by atoms with Gasteiger partial charge in [0.1, 0.15) is 0 Å². The van der Waals surface area contributed by atoms with Gasteiger partial charge in [-0.1, -0.05) is 5.16 Å². The number of amidine groups is 1. The molecular formula is C7H17N3O4. The molecule has 1 atom stereocenters. The fourth-order valence-electron chi connectivity index (χ4n) is 0.907. The molecule has 0 spiro atoms. The Hall–Kier alpha value is -0.890. The van der Waals surface area contributed by atoms with Crippen molar-refractivity contribution in [1.29, 1.82) is 0 Å². The number of rotatable bonds is 6. The molecule has 0 heterocycles. The number of aliphatic hydroxyl groups is 3. The number of nitrogens with zero attached hydrogens (tertiary/aromatic N) is 1. The van der Waals surface area contributed by atoms with Crippen LogP contribution in [0, 0.1) is 0 Å². The summed E-state index contributed by atoms with van der Waals surface area (Å²) in [5.74, 6) is -0.0928. The summed E-state index contributed by atoms with van der Waals surface area (Å²) in [6, 6.07) is -0.563. The second kappa shape index (κ2) is 5.76. The topological polar surface area (TPSA) is 131 Å². The van der Waals surface area contributed by atoms with Crippen molar-refractivity contribution in [1.82, 2.24) is 5.32 Å². The third-order valence-electron chi connectivity index (χ3n) is 1.99. The van der Waals surface area contributed by atoms with Gasteiger partial charge in [0.05, 0.1) is 31.4 Å². The zero-order valence-corrected chi connectivity index (χ0v) is 8.01. The van der Waals surface area contributed by atoms with Gasteiger partial charge in [-0.3, -0.25) is 5.32 Å². The van der Waals surface area contributed by atoms with Gasteiger partial charge in [-0.05, 0) is 6.92 Å². The molecule has 0 amide bonds. The lowest BCUT2D eigenvalue weighted by Gasteiger charge is -2.31. The minimum absolute atomic E-state index is 0.0928. The largest absolute Gasteiger partial charge is 0.409 e. The van der Waals surface area contributed by atoms with Crippen molar-refractivity contribution in [2.24, 2.45) is 10.9 Å². The molecule has 7 heteroatoms. The second-order valence-corrected chi connectivity index (χ2v) is 3.15. The van der Waals surface area contributed by atoms with E-state index in [2.05, 4.69) is 10.5 Å². The van der Waals surface area contributed by atoms with Crippen molar-refractivity contribution < 1.29 is 20.5 Å². The monoisotopic (exact) mass is 207 g/mol. The average molecular weight is 207 g/mol. The highest BCUT2D eigenvalue weighted by atomic mass is 16.4. The molecule has 84 valence electrons. The molecule has 0 saturated heterocycles. The van der Waals surface area contributed by atoms with Gasteiger partial charge in [-0.2, -0.15) is 0 Å². The van der Waals surface area contributed by atoms with E-state index in [0.29, 0.717) is 0 Å². The van der Waals surface area contributed by atoms with Gasteiger partial charge in [0.25, 0.3) is 0 Å². The Morgan fingerprint density at radius 3 is 2.07 bits per heavy atom. The summed E-state index contributed by atoms with van der Waals surface area (Å²) in [5, 5.41) is 40.6. The molecule has 0 fully saturated rings. The molecule has 0 radical (unpaired) electrons. The molecule has 0 rings (SSSR count). The Morgan fingerprint density at radius 2 is 1.79 bits per heavy atom. The van der Waals surface area contributed by atoms with Gasteiger partial charge in [0.15, 0.2) is 5.84 Å². The minimum Gasteiger partial charge on any atom is -0.409 e. The van der Waals surface area contributed by atoms with Crippen LogP contribution in [0.25, 0.3) is 0 Å². The van der Waals surface area contributed by atoms with E-state index in [1.807, 2.05) is 0 Å². The lowest BCUT2D eigenvalue weighted by atomic mass is 10.0. The van der Waals surface area contributed by atoms with Crippen LogP contribution in [0.2, 0.25) is 0 Å². The van der Waals surface area contributed by atoms with Crippen molar-refractivity contribution in [3.63, 3.8) is 0 Å². The van der Waals surface area contributed by atoms with Crippen LogP contribution >= 0.6 is 0 Å². The van der Waals surface area contributed by atoms with Gasteiger partial charge < -0.3 is 26.3 Å². The number of hydrogen-bond acceptors (Lipinski definition) is 6. The minimum atomic E-state index is -1.23. The van der Waals surface area contributed by atoms with Crippen LogP contribution in [0.3, 0.4) is 0 Å². The molecule has 0 aliphatic carbocycles. The van der Waals surface area contributed by atoms with Crippen LogP contribution in [-0.4, -0.2) is 57.8 Å². The summed E-state index contributed by atoms with van der Waals surface area (Å²) in [6.45, 7) is 0.208. The summed E-state index contributed by atoms with van der Waals surface area (Å²) in [4.78, 5) is 0. The number of nitrogens with one attached hydrogen (secondary N) is 1. The van der Waals surface area contributed by atoms with Crippen LogP contribution < -0.4 is 11.1 Å². The first-order chi connectivity index (χ1) is 6.55. The predicted octanol–water partition coefficient (Wildman–Crippen LogP) is -2.57. The van der Waals surface area contributed by atoms with Crippen LogP contribution in [0.4, 0.5) is 0 Å². The summed E-state index contributed by atoms with van der Waals surface area (Å²) in [6.07, 6.45) is 0. The van der Waals surface area contributed by atoms with Crippen molar-refractivity contribution >= 4 is 5.84 Å². The lowest BCUT2D eigenvalue weighted by molar-refractivity contribution is 0.0400. The van der Waals surface area contributed by atoms with E-state index in [-0.39, 0.29) is 5.84 Å². The summed E-state index contributed by atoms with van der Waals surface area (Å²) >= 11 is 0. The highest BCUT2D eigenvalue weighted by Crippen LogP contribution is 2.03. The van der Waals surface area contributed by atoms with Crippen LogP contribution in [0.1, 0.15) is 6.92 Å². The van der Waals surface area contributed by atoms with Crippen molar-refractivity contribution in [2.75, 3.05) is 19.8 Å². The van der Waals surface area contributed by atoms with Gasteiger partial charge in [-0.15, -0.1) is 0 Å². The Labute approximate surface area is 81.8 Å². The molecule has 7 nitrogen and oxygen atoms in total. The Kier molecular flexibility index (Phi) is 5.39. The first kappa shape index (κ1) is 13.1. The van der Waals surface area contributed by atoms with Crippen molar-refractivity contribution in [3.05, 3.63) is 0 Å². The van der Waals surface area contributed by atoms with Crippen LogP contribution in [0.15, 0.2) is 5.16 Å². The van der Waals surface area contributed by atoms with E-state index in [9.17, 15) is 0 Å². The maximum absolute atomic E-state index is 8.95. The average Bonchev–Trinajstić information content (AvgIpc) is 2.24. The number of oxime groups is 1. The quantitative estimate of drug-likeness (QED) is 0.123. The van der Waals surface area contributed by atoms with E-state index < -0.39 is 31.4 Å². The SMILES string of the molecule is CC(NC(CO)(CO)CO)C(N)=NO. The smallest absolute Gasteiger partial charge is 0.156 e. The molecule has 0 aromatic heterocycles. The van der Waals surface area contributed by atoms with Crippen molar-refractivity contribution in [2.45, 2.75) is 18.5 Å². The lowest BCUT2D eigenvalue weighted by Crippen LogP contribution is -2.60. The molecule has 7 N–H and O–H groups in total. The number of nitrogens with two attached hydrogens (primary N) is 1. The molecule has 0 aliphatic heterocycles. The standard InChI is InChI=1S/C7H17N3O4/c1-5(6(8)10-14)9-7(2-11,3-12)4-13/h5,9,11-14H,2-4H2,1H3,(H2,8,10). The molecule has 14 heavy (non-hydrogen) atoms. The highest BCUT2D eigenvalue weighted by Gasteiger charge is 2.30. The van der Waals surface area contributed by atoms with Gasteiger partial charge >= 0.3 is 0 Å². The summed E-state index contributed by atoms with van der Waals surface area (Å²) in [7, 11) is 0. The first-order valence-corrected chi connectivity index (χ1v) is 4.13. The van der Waals surface area contributed by atoms with Gasteiger partial charge in [0, 0.05) is 0 Å². The van der Waals surface area contributed by atoms with E-state index in [0.717, 1.165) is 0 Å². The Bertz CT molecular complexity index is 185. The molecular weight excluding hydrogens is 190 g/mol. The van der Waals surface area contributed by atoms with Gasteiger partial charge in [-0.25, -0.2) is 0 Å². The molecule has 0 aromatic rings. The van der Waals surface area contributed by atoms with Crippen LogP contribution in [-0.2, 0) is 0 Å². The van der Waals surface area contributed by atoms with E-state index in [1.54, 1.807) is 6.92 Å². The van der Waals surface area contributed by atoms with E-state index in [4.69, 9.17) is 26.3 Å². The van der Waals surface area contributed by atoms with Gasteiger partial charge in [0.2, 0.25) is 0 Å². The second-order valence-electron chi connectivity index (χ2n) is 3.15. The number of hydrogen-bond donors (Lipinski definition) is 6. The Morgan fingerprint density at radius 1 is 1.36 bits per heavy atom. The first-order valence-electron chi connectivity index (χ1n) is 4.13. The maximum atomic E-state index is 8.95. The summed E-state index contributed by atoms with van der Waals surface area (Å²) < 4.78 is 0. The number of aliphatic hydroxyl groups excluding tert-OH is 3. The normalized spacial score (nSPS) is 15.6. The molecule has 0 aliphatic rings. The van der Waals surface area contributed by atoms with Crippen LogP contribution in [0.5, 0.6) is 0 Å². The van der Waals surface area contributed by atoms with Crippen molar-refractivity contribution in [3.8, 4) is 0 Å². The molecule has 0 saturated carbocycles. The van der Waals surface area contributed by atoms with E-state index in [1.165, 1.54) is 0 Å². The Balaban J connectivity index is 4.44. The summed E-state index contributed by atoms with van der Waals surface area (Å²) in [5.41, 5.74) is 4.05. The highest BCUT2D eigenvalue weighted by molar-refractivity contribution is 5.84. The predicted molar refractivity (Wildman–Crippen MR) is 50.0 cm³/mol. The molecule has 0 bridgehead atoms.